The molecule has 3 aromatic rings. The van der Waals surface area contributed by atoms with Crippen LogP contribution in [0.25, 0.3) is 22.4 Å². The molecule has 172 valence electrons. The number of pyridine rings is 1. The van der Waals surface area contributed by atoms with Crippen LogP contribution in [0.15, 0.2) is 35.3 Å². The Morgan fingerprint density at radius 2 is 1.94 bits per heavy atom. The maximum Gasteiger partial charge on any atom is 0.326 e. The van der Waals surface area contributed by atoms with Gasteiger partial charge in [-0.3, -0.25) is 14.9 Å². The van der Waals surface area contributed by atoms with E-state index in [4.69, 9.17) is 9.72 Å². The van der Waals surface area contributed by atoms with Crippen molar-refractivity contribution in [1.29, 1.82) is 0 Å². The first-order valence-electron chi connectivity index (χ1n) is 10.6. The molecule has 0 spiro atoms. The molecule has 0 aliphatic carbocycles. The van der Waals surface area contributed by atoms with Gasteiger partial charge in [-0.05, 0) is 58.4 Å². The van der Waals surface area contributed by atoms with Gasteiger partial charge in [0.25, 0.3) is 5.56 Å². The zero-order valence-electron chi connectivity index (χ0n) is 19.8. The van der Waals surface area contributed by atoms with E-state index in [0.717, 1.165) is 28.0 Å². The van der Waals surface area contributed by atoms with Crippen molar-refractivity contribution in [3.8, 4) is 11.4 Å². The molecule has 0 saturated heterocycles. The number of esters is 1. The van der Waals surface area contributed by atoms with E-state index in [9.17, 15) is 14.7 Å². The molecule has 2 atom stereocenters. The summed E-state index contributed by atoms with van der Waals surface area (Å²) in [6.45, 7) is 9.11. The van der Waals surface area contributed by atoms with Gasteiger partial charge in [-0.25, -0.2) is 4.98 Å². The topological polar surface area (TPSA) is 98.4 Å². The molecule has 32 heavy (non-hydrogen) atoms. The lowest BCUT2D eigenvalue weighted by atomic mass is 10.1. The van der Waals surface area contributed by atoms with E-state index in [0.29, 0.717) is 12.1 Å². The molecule has 3 rings (SSSR count). The minimum Gasteiger partial charge on any atom is -0.459 e. The predicted octanol–water partition coefficient (Wildman–Crippen LogP) is 2.43. The van der Waals surface area contributed by atoms with Crippen LogP contribution in [0.2, 0.25) is 0 Å². The number of nitrogens with zero attached hydrogens (tertiary/aromatic N) is 3. The van der Waals surface area contributed by atoms with Gasteiger partial charge < -0.3 is 19.0 Å². The molecule has 0 saturated carbocycles. The molecule has 8 nitrogen and oxygen atoms in total. The fraction of sp³-hybridized carbons (Fsp3) is 0.458. The maximum atomic E-state index is 12.4. The quantitative estimate of drug-likeness (QED) is 0.572. The number of ether oxygens (including phenoxy) is 1. The number of carbonyl (C=O) groups excluding carboxylic acids is 1. The second-order valence-corrected chi connectivity index (χ2v) is 9.28. The minimum absolute atomic E-state index is 0.0291. The Hall–Kier alpha value is -2.97. The molecule has 0 fully saturated rings. The summed E-state index contributed by atoms with van der Waals surface area (Å²) in [7, 11) is 3.67. The van der Waals surface area contributed by atoms with Gasteiger partial charge in [0, 0.05) is 38.0 Å². The first kappa shape index (κ1) is 23.7. The molecule has 0 aliphatic rings. The second kappa shape index (κ2) is 8.88. The van der Waals surface area contributed by atoms with Crippen LogP contribution < -0.4 is 10.9 Å². The van der Waals surface area contributed by atoms with Crippen molar-refractivity contribution >= 4 is 17.0 Å². The number of nitrogens with one attached hydrogen (secondary N) is 1. The van der Waals surface area contributed by atoms with E-state index in [1.54, 1.807) is 52.4 Å². The fourth-order valence-corrected chi connectivity index (χ4v) is 3.66. The summed E-state index contributed by atoms with van der Waals surface area (Å²) >= 11 is 0. The molecule has 0 bridgehead atoms. The number of imidazole rings is 1. The normalized spacial score (nSPS) is 13.9. The molecule has 0 aliphatic heterocycles. The van der Waals surface area contributed by atoms with Crippen molar-refractivity contribution in [1.82, 2.24) is 19.4 Å². The molecule has 0 radical (unpaired) electrons. The van der Waals surface area contributed by atoms with Gasteiger partial charge in [0.05, 0.1) is 17.1 Å². The third-order valence-electron chi connectivity index (χ3n) is 5.24. The van der Waals surface area contributed by atoms with Crippen molar-refractivity contribution in [2.45, 2.75) is 58.9 Å². The first-order chi connectivity index (χ1) is 14.9. The van der Waals surface area contributed by atoms with Crippen LogP contribution in [0.4, 0.5) is 0 Å². The molecular weight excluding hydrogens is 408 g/mol. The van der Waals surface area contributed by atoms with Crippen LogP contribution in [-0.2, 0) is 30.2 Å². The van der Waals surface area contributed by atoms with Crippen LogP contribution in [0, 0.1) is 6.92 Å². The summed E-state index contributed by atoms with van der Waals surface area (Å²) in [4.78, 5) is 29.2. The van der Waals surface area contributed by atoms with E-state index in [1.165, 1.54) is 0 Å². The Labute approximate surface area is 187 Å². The summed E-state index contributed by atoms with van der Waals surface area (Å²) in [5.41, 5.74) is 3.55. The largest absolute Gasteiger partial charge is 0.459 e. The summed E-state index contributed by atoms with van der Waals surface area (Å²) in [5.74, 6) is 0.276. The summed E-state index contributed by atoms with van der Waals surface area (Å²) in [6, 6.07) is 6.90. The highest BCUT2D eigenvalue weighted by Gasteiger charge is 2.28. The Balaban J connectivity index is 1.86. The summed E-state index contributed by atoms with van der Waals surface area (Å²) in [6.07, 6.45) is 0.885. The van der Waals surface area contributed by atoms with Crippen molar-refractivity contribution in [2.24, 2.45) is 14.1 Å². The van der Waals surface area contributed by atoms with Crippen LogP contribution in [0.3, 0.4) is 0 Å². The van der Waals surface area contributed by atoms with Gasteiger partial charge in [0.1, 0.15) is 17.5 Å². The number of aryl methyl sites for hydroxylation is 3. The van der Waals surface area contributed by atoms with Crippen molar-refractivity contribution in [2.75, 3.05) is 0 Å². The Morgan fingerprint density at radius 1 is 1.25 bits per heavy atom. The third kappa shape index (κ3) is 5.08. The van der Waals surface area contributed by atoms with Gasteiger partial charge in [-0.15, -0.1) is 0 Å². The summed E-state index contributed by atoms with van der Waals surface area (Å²) < 4.78 is 8.97. The number of hydrogen-bond acceptors (Lipinski definition) is 6. The lowest BCUT2D eigenvalue weighted by Gasteiger charge is -2.26. The number of aliphatic hydroxyl groups is 1. The molecule has 2 N–H and O–H groups in total. The average Bonchev–Trinajstić information content (AvgIpc) is 3.00. The summed E-state index contributed by atoms with van der Waals surface area (Å²) in [5, 5.41) is 13.2. The number of rotatable bonds is 6. The SMILES string of the molecule is Cc1cc(-c2nc3cc(CN[C@H](C(=O)OC(C)(C)C)[C@@H](C)O)ccc3n2C)cn(C)c1=O. The highest BCUT2D eigenvalue weighted by molar-refractivity contribution is 5.81. The molecule has 2 aromatic heterocycles. The highest BCUT2D eigenvalue weighted by Crippen LogP contribution is 2.24. The number of fused-ring (bicyclic) bond motifs is 1. The Morgan fingerprint density at radius 3 is 2.53 bits per heavy atom. The zero-order valence-corrected chi connectivity index (χ0v) is 19.8. The molecule has 1 aromatic carbocycles. The Kier molecular flexibility index (Phi) is 6.57. The molecular formula is C24H32N4O4. The van der Waals surface area contributed by atoms with E-state index in [-0.39, 0.29) is 5.56 Å². The van der Waals surface area contributed by atoms with Crippen molar-refractivity contribution < 1.29 is 14.6 Å². The molecule has 0 amide bonds. The van der Waals surface area contributed by atoms with Gasteiger partial charge in [-0.2, -0.15) is 0 Å². The molecule has 2 heterocycles. The van der Waals surface area contributed by atoms with E-state index in [2.05, 4.69) is 5.32 Å². The lowest BCUT2D eigenvalue weighted by Crippen LogP contribution is -2.47. The van der Waals surface area contributed by atoms with Crippen LogP contribution >= 0.6 is 0 Å². The zero-order chi connectivity index (χ0) is 23.8. The Bertz CT molecular complexity index is 1170. The monoisotopic (exact) mass is 440 g/mol. The maximum absolute atomic E-state index is 12.4. The van der Waals surface area contributed by atoms with Crippen LogP contribution in [-0.4, -0.2) is 42.9 Å². The van der Waals surface area contributed by atoms with Gasteiger partial charge in [-0.1, -0.05) is 6.07 Å². The smallest absolute Gasteiger partial charge is 0.326 e. The predicted molar refractivity (Wildman–Crippen MR) is 124 cm³/mol. The highest BCUT2D eigenvalue weighted by atomic mass is 16.6. The van der Waals surface area contributed by atoms with E-state index < -0.39 is 23.7 Å². The molecule has 0 unspecified atom stereocenters. The number of hydrogen-bond donors (Lipinski definition) is 2. The van der Waals surface area contributed by atoms with Crippen LogP contribution in [0.5, 0.6) is 0 Å². The van der Waals surface area contributed by atoms with Gasteiger partial charge in [0.15, 0.2) is 0 Å². The standard InChI is InChI=1S/C24H32N4O4/c1-14-10-17(13-27(6)22(14)30)21-26-18-11-16(8-9-19(18)28(21)7)12-25-20(15(2)29)23(31)32-24(3,4)5/h8-11,13,15,20,25,29H,12H2,1-7H3/t15-,20+/m1/s1. The third-order valence-corrected chi connectivity index (χ3v) is 5.24. The molecule has 8 heteroatoms. The van der Waals surface area contributed by atoms with E-state index in [1.807, 2.05) is 35.9 Å². The minimum atomic E-state index is -0.900. The number of aliphatic hydroxyl groups excluding tert-OH is 1. The van der Waals surface area contributed by atoms with Crippen molar-refractivity contribution in [3.63, 3.8) is 0 Å². The average molecular weight is 441 g/mol. The fourth-order valence-electron chi connectivity index (χ4n) is 3.66. The van der Waals surface area contributed by atoms with Crippen molar-refractivity contribution in [3.05, 3.63) is 51.9 Å². The lowest BCUT2D eigenvalue weighted by molar-refractivity contribution is -0.160. The van der Waals surface area contributed by atoms with Crippen LogP contribution in [0.1, 0.15) is 38.8 Å². The van der Waals surface area contributed by atoms with Gasteiger partial charge >= 0.3 is 5.97 Å². The number of aromatic nitrogens is 3. The van der Waals surface area contributed by atoms with Gasteiger partial charge in [0.2, 0.25) is 0 Å². The number of carbonyl (C=O) groups is 1. The second-order valence-electron chi connectivity index (χ2n) is 9.28. The van der Waals surface area contributed by atoms with E-state index >= 15 is 0 Å². The first-order valence-corrected chi connectivity index (χ1v) is 10.6. The number of benzene rings is 1.